The van der Waals surface area contributed by atoms with Crippen molar-refractivity contribution in [3.05, 3.63) is 36.2 Å². The number of anilines is 1. The summed E-state index contributed by atoms with van der Waals surface area (Å²) in [4.78, 5) is 0. The Kier molecular flexibility index (Phi) is 3.15. The first-order valence-corrected chi connectivity index (χ1v) is 5.45. The molecule has 0 saturated carbocycles. The predicted octanol–water partition coefficient (Wildman–Crippen LogP) is 1.44. The number of nitrogens with zero attached hydrogens (tertiary/aromatic N) is 3. The molecule has 1 unspecified atom stereocenters. The molecule has 1 aliphatic rings. The van der Waals surface area contributed by atoms with Crippen LogP contribution in [0.2, 0.25) is 0 Å². The number of allylic oxidation sites excluding steroid dienone is 4. The van der Waals surface area contributed by atoms with Gasteiger partial charge in [-0.05, 0) is 16.4 Å². The fourth-order valence-corrected chi connectivity index (χ4v) is 1.74. The Hall–Kier alpha value is -2.55. The van der Waals surface area contributed by atoms with Crippen LogP contribution in [0.15, 0.2) is 35.1 Å². The average molecular weight is 243 g/mol. The largest absolute Gasteiger partial charge is 0.379 e. The lowest BCUT2D eigenvalue weighted by molar-refractivity contribution is 0.307. The van der Waals surface area contributed by atoms with Crippen LogP contribution in [-0.4, -0.2) is 10.3 Å². The Morgan fingerprint density at radius 2 is 2.39 bits per heavy atom. The number of nitriles is 1. The summed E-state index contributed by atoms with van der Waals surface area (Å²) in [5.74, 6) is 0.0832. The zero-order chi connectivity index (χ0) is 13.1. The van der Waals surface area contributed by atoms with Crippen LogP contribution in [0.3, 0.4) is 0 Å². The Morgan fingerprint density at radius 3 is 3.00 bits per heavy atom. The molecule has 0 fully saturated rings. The molecule has 2 rings (SSSR count). The highest BCUT2D eigenvalue weighted by Crippen LogP contribution is 2.25. The third-order valence-electron chi connectivity index (χ3n) is 2.87. The number of hydrogen-bond acceptors (Lipinski definition) is 6. The van der Waals surface area contributed by atoms with Crippen molar-refractivity contribution in [3.8, 4) is 6.07 Å². The van der Waals surface area contributed by atoms with E-state index in [0.717, 1.165) is 5.70 Å². The second-order valence-electron chi connectivity index (χ2n) is 4.05. The minimum absolute atomic E-state index is 0.0536. The smallest absolute Gasteiger partial charge is 0.197 e. The fraction of sp³-hybridized carbons (Fsp3) is 0.250. The first kappa shape index (κ1) is 11.9. The van der Waals surface area contributed by atoms with Crippen molar-refractivity contribution >= 4 is 11.5 Å². The summed E-state index contributed by atoms with van der Waals surface area (Å²) in [6, 6.07) is 2.23. The van der Waals surface area contributed by atoms with E-state index in [2.05, 4.69) is 32.9 Å². The third kappa shape index (κ3) is 2.11. The van der Waals surface area contributed by atoms with E-state index in [9.17, 15) is 0 Å². The van der Waals surface area contributed by atoms with Gasteiger partial charge in [0.2, 0.25) is 0 Å². The molecule has 92 valence electrons. The van der Waals surface area contributed by atoms with Gasteiger partial charge in [-0.1, -0.05) is 25.7 Å². The molecular formula is C12H13N5O. The summed E-state index contributed by atoms with van der Waals surface area (Å²) in [6.07, 6.45) is 5.60. The molecule has 0 bridgehead atoms. The van der Waals surface area contributed by atoms with Crippen LogP contribution in [0, 0.1) is 23.2 Å². The quantitative estimate of drug-likeness (QED) is 0.833. The minimum Gasteiger partial charge on any atom is -0.379 e. The van der Waals surface area contributed by atoms with Gasteiger partial charge in [-0.2, -0.15) is 5.26 Å². The molecule has 6 nitrogen and oxygen atoms in total. The van der Waals surface area contributed by atoms with E-state index < -0.39 is 0 Å². The van der Waals surface area contributed by atoms with E-state index in [4.69, 9.17) is 11.0 Å². The first-order chi connectivity index (χ1) is 8.63. The lowest BCUT2D eigenvalue weighted by Crippen LogP contribution is -2.23. The topological polar surface area (TPSA) is 101 Å². The molecule has 2 atom stereocenters. The highest BCUT2D eigenvalue weighted by molar-refractivity contribution is 5.67. The van der Waals surface area contributed by atoms with E-state index in [1.165, 1.54) is 0 Å². The van der Waals surface area contributed by atoms with E-state index in [-0.39, 0.29) is 17.7 Å². The molecule has 0 aliphatic heterocycles. The van der Waals surface area contributed by atoms with Crippen molar-refractivity contribution < 1.29 is 4.63 Å². The van der Waals surface area contributed by atoms with Crippen LogP contribution in [0.4, 0.5) is 5.82 Å². The van der Waals surface area contributed by atoms with Crippen LogP contribution in [0.25, 0.3) is 5.70 Å². The third-order valence-corrected chi connectivity index (χ3v) is 2.87. The molecular weight excluding hydrogens is 230 g/mol. The van der Waals surface area contributed by atoms with Crippen LogP contribution >= 0.6 is 0 Å². The van der Waals surface area contributed by atoms with Gasteiger partial charge >= 0.3 is 0 Å². The van der Waals surface area contributed by atoms with Crippen LogP contribution < -0.4 is 11.1 Å². The number of nitrogens with two attached hydrogens (primary N) is 1. The summed E-state index contributed by atoms with van der Waals surface area (Å²) in [7, 11) is 0. The Labute approximate surface area is 104 Å². The van der Waals surface area contributed by atoms with Crippen LogP contribution in [-0.2, 0) is 0 Å². The molecule has 0 amide bonds. The molecule has 6 heteroatoms. The Balaban J connectivity index is 2.14. The Bertz CT molecular complexity index is 563. The standard InChI is InChI=1S/C12H13N5O/c1-7-9(6-13)4-3-5-10(7)15-8(2)11-12(14)17-18-16-11/h3-5,7,9,15H,2H2,1H3,(H2,14,17)/t7-,9?/m0/s1. The van der Waals surface area contributed by atoms with Crippen molar-refractivity contribution in [1.82, 2.24) is 15.6 Å². The normalized spacial score (nSPS) is 22.1. The monoisotopic (exact) mass is 243 g/mol. The minimum atomic E-state index is -0.155. The number of hydrogen-bond donors (Lipinski definition) is 2. The van der Waals surface area contributed by atoms with Gasteiger partial charge in [-0.25, -0.2) is 4.63 Å². The van der Waals surface area contributed by atoms with Crippen LogP contribution in [0.1, 0.15) is 12.6 Å². The van der Waals surface area contributed by atoms with E-state index in [1.807, 2.05) is 25.2 Å². The zero-order valence-electron chi connectivity index (χ0n) is 9.92. The molecule has 1 aromatic rings. The van der Waals surface area contributed by atoms with Gasteiger partial charge in [0.15, 0.2) is 11.5 Å². The summed E-state index contributed by atoms with van der Waals surface area (Å²) in [6.45, 7) is 5.80. The summed E-state index contributed by atoms with van der Waals surface area (Å²) >= 11 is 0. The van der Waals surface area contributed by atoms with E-state index in [1.54, 1.807) is 0 Å². The number of nitrogens with one attached hydrogen (secondary N) is 1. The van der Waals surface area contributed by atoms with Gasteiger partial charge in [0.1, 0.15) is 0 Å². The van der Waals surface area contributed by atoms with Crippen molar-refractivity contribution in [2.45, 2.75) is 6.92 Å². The maximum Gasteiger partial charge on any atom is 0.197 e. The van der Waals surface area contributed by atoms with Gasteiger partial charge < -0.3 is 11.1 Å². The van der Waals surface area contributed by atoms with Gasteiger partial charge in [0.05, 0.1) is 17.7 Å². The lowest BCUT2D eigenvalue weighted by atomic mass is 9.88. The number of aromatic nitrogens is 2. The highest BCUT2D eigenvalue weighted by Gasteiger charge is 2.22. The summed E-state index contributed by atoms with van der Waals surface area (Å²) < 4.78 is 4.51. The second kappa shape index (κ2) is 4.75. The predicted molar refractivity (Wildman–Crippen MR) is 66.4 cm³/mol. The first-order valence-electron chi connectivity index (χ1n) is 5.45. The maximum atomic E-state index is 9.01. The average Bonchev–Trinajstić information content (AvgIpc) is 2.78. The van der Waals surface area contributed by atoms with Gasteiger partial charge in [0, 0.05) is 11.6 Å². The van der Waals surface area contributed by atoms with Gasteiger partial charge in [-0.15, -0.1) is 0 Å². The molecule has 0 aromatic carbocycles. The molecule has 18 heavy (non-hydrogen) atoms. The zero-order valence-corrected chi connectivity index (χ0v) is 9.92. The maximum absolute atomic E-state index is 9.01. The van der Waals surface area contributed by atoms with Gasteiger partial charge in [0.25, 0.3) is 0 Å². The Morgan fingerprint density at radius 1 is 1.61 bits per heavy atom. The van der Waals surface area contributed by atoms with E-state index >= 15 is 0 Å². The number of nitrogen functional groups attached to an aromatic ring is 1. The molecule has 1 aliphatic carbocycles. The SMILES string of the molecule is C=C(NC1=CC=CC(C#N)[C@@H]1C)c1nonc1N. The van der Waals surface area contributed by atoms with E-state index in [0.29, 0.717) is 11.4 Å². The molecule has 0 saturated heterocycles. The molecule has 0 spiro atoms. The van der Waals surface area contributed by atoms with Crippen LogP contribution in [0.5, 0.6) is 0 Å². The summed E-state index contributed by atoms with van der Waals surface area (Å²) in [5.41, 5.74) is 7.35. The molecule has 1 aromatic heterocycles. The molecule has 0 radical (unpaired) electrons. The lowest BCUT2D eigenvalue weighted by Gasteiger charge is -2.23. The molecule has 3 N–H and O–H groups in total. The van der Waals surface area contributed by atoms with Gasteiger partial charge in [-0.3, -0.25) is 0 Å². The van der Waals surface area contributed by atoms with Crippen molar-refractivity contribution in [1.29, 1.82) is 5.26 Å². The number of rotatable bonds is 3. The second-order valence-corrected chi connectivity index (χ2v) is 4.05. The molecule has 1 heterocycles. The van der Waals surface area contributed by atoms with Crippen molar-refractivity contribution in [3.63, 3.8) is 0 Å². The summed E-state index contributed by atoms with van der Waals surface area (Å²) in [5, 5.41) is 19.3. The highest BCUT2D eigenvalue weighted by atomic mass is 16.6. The van der Waals surface area contributed by atoms with Crippen molar-refractivity contribution in [2.75, 3.05) is 5.73 Å². The fourth-order valence-electron chi connectivity index (χ4n) is 1.74. The van der Waals surface area contributed by atoms with Crippen molar-refractivity contribution in [2.24, 2.45) is 11.8 Å².